The zero-order valence-electron chi connectivity index (χ0n) is 40.9. The summed E-state index contributed by atoms with van der Waals surface area (Å²) in [6.45, 7) is 13.7. The second-order valence-corrected chi connectivity index (χ2v) is 21.9. The molecule has 2 aliphatic heterocycles. The van der Waals surface area contributed by atoms with Gasteiger partial charge in [0.2, 0.25) is 0 Å². The molecule has 0 unspecified atom stereocenters. The fourth-order valence-corrected chi connectivity index (χ4v) is 11.9. The van der Waals surface area contributed by atoms with E-state index in [1.54, 1.807) is 0 Å². The Morgan fingerprint density at radius 1 is 0.352 bits per heavy atom. The summed E-state index contributed by atoms with van der Waals surface area (Å²) in [5, 5.41) is 4.98. The predicted octanol–water partition coefficient (Wildman–Crippen LogP) is 14.7. The SMILES string of the molecule is CC(C)(C)c1ccc(-c2cc3c4c(c2)c2cc(-c5ccccc5)ccc2n4-c2cc(-c4ncccn4)cc4c2B3c2cc(-c3ccc(C(C)(C)C)cc3)cc3c5cc(-c6ccccc6)ccc5n-4c23)cc1. The van der Waals surface area contributed by atoms with Gasteiger partial charge in [-0.25, -0.2) is 9.97 Å². The fraction of sp³-hybridized carbons (Fsp3) is 0.121. The van der Waals surface area contributed by atoms with Gasteiger partial charge in [-0.1, -0.05) is 175 Å². The third-order valence-corrected chi connectivity index (χ3v) is 15.5. The van der Waals surface area contributed by atoms with Gasteiger partial charge in [-0.15, -0.1) is 0 Å². The number of aromatic nitrogens is 4. The number of nitrogens with zero attached hydrogens (tertiary/aromatic N) is 4. The Balaban J connectivity index is 1.14. The molecule has 0 aliphatic carbocycles. The standard InChI is InChI=1S/C66H51BN4/c1-65(2,3)49-24-18-42(19-25-49)46-34-53-51-32-44(40-14-9-7-10-15-40)22-28-57(51)70-59-38-48(64-68-30-13-31-69-64)39-60-61(59)67(55(36-46)62(53)70)56-37-47(43-20-26-50(27-21-43)66(4,5)6)35-54-52-33-45(41-16-11-8-12-17-41)23-29-58(52)71(60)63(54)56/h7-39H,1-6H3. The minimum Gasteiger partial charge on any atom is -0.310 e. The molecule has 3 aromatic heterocycles. The van der Waals surface area contributed by atoms with Crippen LogP contribution in [0.1, 0.15) is 52.7 Å². The van der Waals surface area contributed by atoms with Gasteiger partial charge in [0.1, 0.15) is 0 Å². The number of fused-ring (bicyclic) bond motifs is 10. The second-order valence-electron chi connectivity index (χ2n) is 21.9. The van der Waals surface area contributed by atoms with E-state index in [4.69, 9.17) is 9.97 Å². The second kappa shape index (κ2) is 15.1. The van der Waals surface area contributed by atoms with Crippen molar-refractivity contribution in [2.24, 2.45) is 0 Å². The van der Waals surface area contributed by atoms with Crippen LogP contribution in [-0.2, 0) is 10.8 Å². The summed E-state index contributed by atoms with van der Waals surface area (Å²) in [7, 11) is 0. The molecule has 0 radical (unpaired) electrons. The average molecular weight is 911 g/mol. The van der Waals surface area contributed by atoms with Crippen LogP contribution in [0, 0.1) is 0 Å². The molecule has 4 nitrogen and oxygen atoms in total. The van der Waals surface area contributed by atoms with Crippen LogP contribution in [0.3, 0.4) is 0 Å². The maximum Gasteiger partial charge on any atom is 0.252 e. The Morgan fingerprint density at radius 3 is 1.17 bits per heavy atom. The number of hydrogen-bond acceptors (Lipinski definition) is 2. The Morgan fingerprint density at radius 2 is 0.746 bits per heavy atom. The molecule has 0 saturated heterocycles. The summed E-state index contributed by atoms with van der Waals surface area (Å²) in [6, 6.07) is 71.0. The minimum atomic E-state index is -0.0887. The first-order valence-corrected chi connectivity index (χ1v) is 25.0. The molecule has 5 heteroatoms. The van der Waals surface area contributed by atoms with E-state index in [9.17, 15) is 0 Å². The van der Waals surface area contributed by atoms with Gasteiger partial charge in [0, 0.05) is 61.9 Å². The lowest BCUT2D eigenvalue weighted by Crippen LogP contribution is -2.59. The van der Waals surface area contributed by atoms with Crippen molar-refractivity contribution in [2.75, 3.05) is 0 Å². The van der Waals surface area contributed by atoms with Gasteiger partial charge < -0.3 is 9.13 Å². The molecule has 0 fully saturated rings. The maximum absolute atomic E-state index is 4.89. The summed E-state index contributed by atoms with van der Waals surface area (Å²) < 4.78 is 5.14. The average Bonchev–Trinajstić information content (AvgIpc) is 3.92. The fourth-order valence-electron chi connectivity index (χ4n) is 11.9. The van der Waals surface area contributed by atoms with E-state index in [2.05, 4.69) is 233 Å². The molecule has 71 heavy (non-hydrogen) atoms. The van der Waals surface area contributed by atoms with Crippen LogP contribution in [0.25, 0.3) is 111 Å². The molecule has 0 bridgehead atoms. The van der Waals surface area contributed by atoms with Crippen LogP contribution >= 0.6 is 0 Å². The summed E-state index contributed by atoms with van der Waals surface area (Å²) in [4.78, 5) is 9.78. The highest BCUT2D eigenvalue weighted by atomic mass is 15.0. The summed E-state index contributed by atoms with van der Waals surface area (Å²) in [6.07, 6.45) is 3.71. The highest BCUT2D eigenvalue weighted by Gasteiger charge is 2.42. The van der Waals surface area contributed by atoms with Crippen LogP contribution in [-0.4, -0.2) is 25.8 Å². The maximum atomic E-state index is 4.89. The van der Waals surface area contributed by atoms with Gasteiger partial charge in [-0.2, -0.15) is 0 Å². The van der Waals surface area contributed by atoms with Crippen molar-refractivity contribution >= 4 is 66.7 Å². The third-order valence-electron chi connectivity index (χ3n) is 15.5. The molecule has 2 aliphatic rings. The quantitative estimate of drug-likeness (QED) is 0.161. The molecule has 338 valence electrons. The number of benzene rings is 9. The molecular weight excluding hydrogens is 860 g/mol. The highest BCUT2D eigenvalue weighted by molar-refractivity contribution is 7.00. The lowest BCUT2D eigenvalue weighted by Gasteiger charge is -2.34. The van der Waals surface area contributed by atoms with Crippen molar-refractivity contribution in [1.29, 1.82) is 0 Å². The molecule has 9 aromatic carbocycles. The van der Waals surface area contributed by atoms with Crippen molar-refractivity contribution in [3.05, 3.63) is 212 Å². The van der Waals surface area contributed by atoms with Gasteiger partial charge in [0.15, 0.2) is 5.82 Å². The van der Waals surface area contributed by atoms with E-state index in [-0.39, 0.29) is 17.5 Å². The van der Waals surface area contributed by atoms with E-state index in [0.717, 1.165) is 5.56 Å². The zero-order chi connectivity index (χ0) is 47.9. The van der Waals surface area contributed by atoms with Gasteiger partial charge in [0.05, 0.1) is 11.0 Å². The molecule has 0 atom stereocenters. The zero-order valence-corrected chi connectivity index (χ0v) is 40.9. The lowest BCUT2D eigenvalue weighted by atomic mass is 9.34. The predicted molar refractivity (Wildman–Crippen MR) is 300 cm³/mol. The van der Waals surface area contributed by atoms with Crippen molar-refractivity contribution in [1.82, 2.24) is 19.1 Å². The van der Waals surface area contributed by atoms with Crippen LogP contribution < -0.4 is 16.4 Å². The van der Waals surface area contributed by atoms with Crippen LogP contribution in [0.2, 0.25) is 0 Å². The van der Waals surface area contributed by atoms with Crippen LogP contribution in [0.15, 0.2) is 200 Å². The van der Waals surface area contributed by atoms with Crippen molar-refractivity contribution in [2.45, 2.75) is 52.4 Å². The van der Waals surface area contributed by atoms with Gasteiger partial charge in [-0.3, -0.25) is 0 Å². The van der Waals surface area contributed by atoms with E-state index >= 15 is 0 Å². The first-order valence-electron chi connectivity index (χ1n) is 25.0. The monoisotopic (exact) mass is 910 g/mol. The van der Waals surface area contributed by atoms with E-state index in [1.165, 1.54) is 127 Å². The first kappa shape index (κ1) is 41.7. The van der Waals surface area contributed by atoms with Crippen molar-refractivity contribution in [3.63, 3.8) is 0 Å². The van der Waals surface area contributed by atoms with Crippen LogP contribution in [0.5, 0.6) is 0 Å². The van der Waals surface area contributed by atoms with Gasteiger partial charge >= 0.3 is 0 Å². The molecule has 0 spiro atoms. The minimum absolute atomic E-state index is 0.0470. The summed E-state index contributed by atoms with van der Waals surface area (Å²) in [5.41, 5.74) is 24.6. The molecule has 0 amide bonds. The summed E-state index contributed by atoms with van der Waals surface area (Å²) >= 11 is 0. The third kappa shape index (κ3) is 6.38. The molecular formula is C66H51BN4. The summed E-state index contributed by atoms with van der Waals surface area (Å²) in [5.74, 6) is 0.709. The topological polar surface area (TPSA) is 35.6 Å². The number of rotatable bonds is 5. The van der Waals surface area contributed by atoms with Gasteiger partial charge in [-0.05, 0) is 137 Å². The Hall–Kier alpha value is -8.28. The highest BCUT2D eigenvalue weighted by Crippen LogP contribution is 2.44. The largest absolute Gasteiger partial charge is 0.310 e. The Labute approximate surface area is 415 Å². The molecule has 0 saturated carbocycles. The normalized spacial score (nSPS) is 12.9. The van der Waals surface area contributed by atoms with Gasteiger partial charge in [0.25, 0.3) is 6.71 Å². The van der Waals surface area contributed by atoms with Crippen LogP contribution in [0.4, 0.5) is 0 Å². The smallest absolute Gasteiger partial charge is 0.252 e. The Kier molecular flexibility index (Phi) is 8.87. The van der Waals surface area contributed by atoms with Crippen molar-refractivity contribution in [3.8, 4) is 67.3 Å². The Bertz CT molecular complexity index is 3890. The molecule has 0 N–H and O–H groups in total. The van der Waals surface area contributed by atoms with E-state index in [0.29, 0.717) is 5.82 Å². The molecule has 5 heterocycles. The van der Waals surface area contributed by atoms with E-state index < -0.39 is 0 Å². The number of hydrogen-bond donors (Lipinski definition) is 0. The lowest BCUT2D eigenvalue weighted by molar-refractivity contribution is 0.590. The first-order chi connectivity index (χ1) is 34.5. The van der Waals surface area contributed by atoms with E-state index in [1.807, 2.05) is 18.5 Å². The van der Waals surface area contributed by atoms with Crippen molar-refractivity contribution < 1.29 is 0 Å². The molecule has 12 aromatic rings. The molecule has 14 rings (SSSR count).